The van der Waals surface area contributed by atoms with E-state index in [2.05, 4.69) is 0 Å². The van der Waals surface area contributed by atoms with Crippen molar-refractivity contribution in [2.75, 3.05) is 7.11 Å². The van der Waals surface area contributed by atoms with Gasteiger partial charge in [0.25, 0.3) is 0 Å². The van der Waals surface area contributed by atoms with E-state index in [4.69, 9.17) is 9.47 Å². The molecule has 0 radical (unpaired) electrons. The largest absolute Gasteiger partial charge is 0.507 e. The quantitative estimate of drug-likeness (QED) is 0.648. The normalized spacial score (nSPS) is 25.2. The smallest absolute Gasteiger partial charge is 0.342 e. The van der Waals surface area contributed by atoms with Gasteiger partial charge < -0.3 is 24.8 Å². The number of benzene rings is 1. The number of phenols is 1. The molecule has 0 aliphatic carbocycles. The number of aromatic hydroxyl groups is 1. The van der Waals surface area contributed by atoms with Crippen LogP contribution < -0.4 is 4.74 Å². The molecule has 1 aromatic carbocycles. The minimum absolute atomic E-state index is 0.0600. The number of aryl methyl sites for hydroxylation is 1. The van der Waals surface area contributed by atoms with Crippen molar-refractivity contribution in [1.29, 1.82) is 0 Å². The van der Waals surface area contributed by atoms with Crippen molar-refractivity contribution in [3.8, 4) is 11.5 Å². The minimum atomic E-state index is -1.50. The fourth-order valence-electron chi connectivity index (χ4n) is 2.82. The fourth-order valence-corrected chi connectivity index (χ4v) is 2.82. The number of hydrogen-bond donors (Lipinski definition) is 3. The first-order valence-electron chi connectivity index (χ1n) is 8.50. The highest BCUT2D eigenvalue weighted by Gasteiger charge is 2.25. The minimum Gasteiger partial charge on any atom is -0.507 e. The second kappa shape index (κ2) is 8.82. The number of aliphatic hydroxyl groups excluding tert-OH is 2. The van der Waals surface area contributed by atoms with Gasteiger partial charge in [0.15, 0.2) is 5.78 Å². The lowest BCUT2D eigenvalue weighted by atomic mass is 9.97. The summed E-state index contributed by atoms with van der Waals surface area (Å²) in [6.45, 7) is 1.66. The summed E-state index contributed by atoms with van der Waals surface area (Å²) in [6, 6.07) is 2.96. The zero-order chi connectivity index (χ0) is 19.3. The SMILES string of the molecule is COc1cc(O)c2c(c1)CCC[C@@H](O)[C@@H](O)C(=O)C=CC[C@@H](C)OC2=O. The van der Waals surface area contributed by atoms with Gasteiger partial charge in [-0.1, -0.05) is 6.08 Å². The highest BCUT2D eigenvalue weighted by molar-refractivity contribution is 5.95. The number of carbonyl (C=O) groups is 2. The van der Waals surface area contributed by atoms with E-state index in [-0.39, 0.29) is 24.2 Å². The van der Waals surface area contributed by atoms with Crippen LogP contribution in [0.2, 0.25) is 0 Å². The molecule has 0 fully saturated rings. The summed E-state index contributed by atoms with van der Waals surface area (Å²) in [5.74, 6) is -1.10. The van der Waals surface area contributed by atoms with E-state index in [0.717, 1.165) is 0 Å². The van der Waals surface area contributed by atoms with Gasteiger partial charge in [-0.15, -0.1) is 0 Å². The van der Waals surface area contributed by atoms with Gasteiger partial charge in [0.2, 0.25) is 0 Å². The van der Waals surface area contributed by atoms with E-state index in [1.54, 1.807) is 13.0 Å². The molecule has 1 aromatic rings. The molecule has 1 aliphatic rings. The standard InChI is InChI=1S/C19H24O7/c1-11-5-3-7-14(20)18(23)15(21)8-4-6-12-9-13(25-2)10-16(22)17(12)19(24)26-11/h3,7,9-11,15,18,21-23H,4-6,8H2,1-2H3/t11-,15-,18+/m1/s1. The van der Waals surface area contributed by atoms with E-state index in [1.807, 2.05) is 0 Å². The molecule has 1 aliphatic heterocycles. The summed E-state index contributed by atoms with van der Waals surface area (Å²) in [7, 11) is 1.45. The number of methoxy groups -OCH3 is 1. The lowest BCUT2D eigenvalue weighted by molar-refractivity contribution is -0.128. The Balaban J connectivity index is 2.36. The zero-order valence-corrected chi connectivity index (χ0v) is 14.8. The molecule has 2 rings (SSSR count). The Morgan fingerprint density at radius 1 is 1.23 bits per heavy atom. The van der Waals surface area contributed by atoms with Crippen LogP contribution in [0.3, 0.4) is 0 Å². The molecule has 0 spiro atoms. The molecule has 7 heteroatoms. The van der Waals surface area contributed by atoms with Crippen molar-refractivity contribution in [2.45, 2.75) is 50.9 Å². The molecule has 142 valence electrons. The van der Waals surface area contributed by atoms with Gasteiger partial charge in [-0.05, 0) is 43.9 Å². The number of ketones is 1. The number of phenolic OH excluding ortho intramolecular Hbond substituents is 1. The fraction of sp³-hybridized carbons (Fsp3) is 0.474. The number of aliphatic hydroxyl groups is 2. The highest BCUT2D eigenvalue weighted by atomic mass is 16.5. The van der Waals surface area contributed by atoms with E-state index >= 15 is 0 Å². The Morgan fingerprint density at radius 2 is 1.96 bits per heavy atom. The Morgan fingerprint density at radius 3 is 2.65 bits per heavy atom. The first-order valence-corrected chi connectivity index (χ1v) is 8.50. The number of cyclic esters (lactones) is 1. The van der Waals surface area contributed by atoms with Crippen molar-refractivity contribution < 1.29 is 34.4 Å². The highest BCUT2D eigenvalue weighted by Crippen LogP contribution is 2.30. The number of carbonyl (C=O) groups excluding carboxylic acids is 2. The molecule has 26 heavy (non-hydrogen) atoms. The Bertz CT molecular complexity index is 695. The average molecular weight is 364 g/mol. The molecule has 0 aromatic heterocycles. The number of fused-ring (bicyclic) bond motifs is 1. The predicted molar refractivity (Wildman–Crippen MR) is 93.3 cm³/mol. The maximum absolute atomic E-state index is 12.5. The van der Waals surface area contributed by atoms with Crippen LogP contribution in [0.1, 0.15) is 42.1 Å². The summed E-state index contributed by atoms with van der Waals surface area (Å²) < 4.78 is 10.5. The van der Waals surface area contributed by atoms with Crippen molar-refractivity contribution in [3.05, 3.63) is 35.4 Å². The van der Waals surface area contributed by atoms with Gasteiger partial charge in [0, 0.05) is 12.5 Å². The van der Waals surface area contributed by atoms with E-state index in [1.165, 1.54) is 25.3 Å². The molecular formula is C19H24O7. The molecule has 0 amide bonds. The zero-order valence-electron chi connectivity index (χ0n) is 14.8. The van der Waals surface area contributed by atoms with Crippen LogP contribution in [0.4, 0.5) is 0 Å². The van der Waals surface area contributed by atoms with Gasteiger partial charge >= 0.3 is 5.97 Å². The number of rotatable bonds is 1. The molecule has 0 bridgehead atoms. The molecule has 3 atom stereocenters. The third-order valence-electron chi connectivity index (χ3n) is 4.27. The number of ether oxygens (including phenoxy) is 2. The van der Waals surface area contributed by atoms with Crippen LogP contribution in [0.5, 0.6) is 11.5 Å². The van der Waals surface area contributed by atoms with E-state index in [9.17, 15) is 24.9 Å². The van der Waals surface area contributed by atoms with Crippen molar-refractivity contribution in [2.24, 2.45) is 0 Å². The van der Waals surface area contributed by atoms with Crippen molar-refractivity contribution in [1.82, 2.24) is 0 Å². The third kappa shape index (κ3) is 4.83. The van der Waals surface area contributed by atoms with E-state index < -0.39 is 30.1 Å². The summed E-state index contributed by atoms with van der Waals surface area (Å²) in [6.07, 6.45) is 0.556. The first kappa shape index (κ1) is 19.9. The second-order valence-electron chi connectivity index (χ2n) is 6.34. The predicted octanol–water partition coefficient (Wildman–Crippen LogP) is 1.52. The van der Waals surface area contributed by atoms with Gasteiger partial charge in [-0.25, -0.2) is 4.79 Å². The van der Waals surface area contributed by atoms with Gasteiger partial charge in [-0.2, -0.15) is 0 Å². The van der Waals surface area contributed by atoms with Gasteiger partial charge in [0.1, 0.15) is 29.3 Å². The molecule has 7 nitrogen and oxygen atoms in total. The Hall–Kier alpha value is -2.38. The molecular weight excluding hydrogens is 340 g/mol. The van der Waals surface area contributed by atoms with Crippen LogP contribution in [-0.4, -0.2) is 52.5 Å². The molecule has 0 saturated heterocycles. The summed E-state index contributed by atoms with van der Waals surface area (Å²) in [4.78, 5) is 24.3. The van der Waals surface area contributed by atoms with Crippen LogP contribution in [0.25, 0.3) is 0 Å². The second-order valence-corrected chi connectivity index (χ2v) is 6.34. The summed E-state index contributed by atoms with van der Waals surface area (Å²) >= 11 is 0. The van der Waals surface area contributed by atoms with Crippen molar-refractivity contribution in [3.63, 3.8) is 0 Å². The lowest BCUT2D eigenvalue weighted by Gasteiger charge is -2.18. The maximum atomic E-state index is 12.5. The maximum Gasteiger partial charge on any atom is 0.342 e. The van der Waals surface area contributed by atoms with Crippen LogP contribution in [-0.2, 0) is 16.0 Å². The molecule has 3 N–H and O–H groups in total. The van der Waals surface area contributed by atoms with Gasteiger partial charge in [0.05, 0.1) is 13.2 Å². The first-order chi connectivity index (χ1) is 12.3. The lowest BCUT2D eigenvalue weighted by Crippen LogP contribution is -2.33. The number of esters is 1. The van der Waals surface area contributed by atoms with Crippen LogP contribution in [0, 0.1) is 0 Å². The molecule has 1 heterocycles. The summed E-state index contributed by atoms with van der Waals surface area (Å²) in [5, 5.41) is 30.1. The van der Waals surface area contributed by atoms with Crippen molar-refractivity contribution >= 4 is 11.8 Å². The Labute approximate surface area is 151 Å². The molecule has 0 saturated carbocycles. The number of hydrogen-bond acceptors (Lipinski definition) is 7. The summed E-state index contributed by atoms with van der Waals surface area (Å²) in [5.41, 5.74) is 0.574. The third-order valence-corrected chi connectivity index (χ3v) is 4.27. The van der Waals surface area contributed by atoms with Crippen LogP contribution in [0.15, 0.2) is 24.3 Å². The monoisotopic (exact) mass is 364 g/mol. The topological polar surface area (TPSA) is 113 Å². The average Bonchev–Trinajstić information content (AvgIpc) is 2.59. The molecule has 0 unspecified atom stereocenters. The van der Waals surface area contributed by atoms with Gasteiger partial charge in [-0.3, -0.25) is 4.79 Å². The Kier molecular flexibility index (Phi) is 6.76. The van der Waals surface area contributed by atoms with E-state index in [0.29, 0.717) is 24.2 Å². The van der Waals surface area contributed by atoms with Crippen LogP contribution >= 0.6 is 0 Å².